The van der Waals surface area contributed by atoms with E-state index in [0.717, 1.165) is 23.1 Å². The smallest absolute Gasteiger partial charge is 0.0947 e. The molecular formula is C12H16BrN3S. The number of nitrogens with one attached hydrogen (secondary N) is 1. The van der Waals surface area contributed by atoms with E-state index in [1.54, 1.807) is 11.3 Å². The van der Waals surface area contributed by atoms with E-state index in [-0.39, 0.29) is 6.04 Å². The summed E-state index contributed by atoms with van der Waals surface area (Å²) in [6.45, 7) is 3.16. The molecule has 1 N–H and O–H groups in total. The van der Waals surface area contributed by atoms with Crippen molar-refractivity contribution in [2.75, 3.05) is 6.54 Å². The molecule has 2 rings (SSSR count). The minimum atomic E-state index is 0.186. The first-order valence-corrected chi connectivity index (χ1v) is 7.33. The molecule has 1 atom stereocenters. The normalized spacial score (nSPS) is 12.9. The molecule has 0 aliphatic heterocycles. The molecule has 5 heteroatoms. The molecule has 92 valence electrons. The zero-order valence-electron chi connectivity index (χ0n) is 9.98. The molecule has 0 aromatic carbocycles. The monoisotopic (exact) mass is 313 g/mol. The first-order valence-electron chi connectivity index (χ1n) is 5.66. The molecule has 0 radical (unpaired) electrons. The van der Waals surface area contributed by atoms with Crippen LogP contribution in [0.1, 0.15) is 30.0 Å². The van der Waals surface area contributed by atoms with E-state index < -0.39 is 0 Å². The van der Waals surface area contributed by atoms with Gasteiger partial charge in [-0.05, 0) is 40.3 Å². The van der Waals surface area contributed by atoms with E-state index in [1.807, 2.05) is 17.9 Å². The van der Waals surface area contributed by atoms with Crippen molar-refractivity contribution in [1.82, 2.24) is 14.9 Å². The van der Waals surface area contributed by atoms with Crippen molar-refractivity contribution in [3.05, 3.63) is 39.0 Å². The van der Waals surface area contributed by atoms with E-state index in [0.29, 0.717) is 0 Å². The number of hydrogen-bond donors (Lipinski definition) is 1. The number of imidazole rings is 1. The maximum absolute atomic E-state index is 4.45. The molecule has 3 nitrogen and oxygen atoms in total. The molecule has 0 saturated carbocycles. The fourth-order valence-corrected chi connectivity index (χ4v) is 3.40. The van der Waals surface area contributed by atoms with Gasteiger partial charge in [0.2, 0.25) is 0 Å². The molecule has 0 bridgehead atoms. The molecular weight excluding hydrogens is 298 g/mol. The van der Waals surface area contributed by atoms with E-state index in [1.165, 1.54) is 4.88 Å². The van der Waals surface area contributed by atoms with Crippen LogP contribution in [-0.2, 0) is 7.05 Å². The number of aryl methyl sites for hydroxylation is 1. The Balaban J connectivity index is 2.28. The summed E-state index contributed by atoms with van der Waals surface area (Å²) in [5, 5.41) is 5.65. The SMILES string of the molecule is CCCNC(c1cn(C)cn1)c1sccc1Br. The molecule has 2 aromatic rings. The summed E-state index contributed by atoms with van der Waals surface area (Å²) >= 11 is 5.35. The molecule has 2 heterocycles. The average Bonchev–Trinajstić information content (AvgIpc) is 2.90. The Hall–Kier alpha value is -0.650. The summed E-state index contributed by atoms with van der Waals surface area (Å²) in [6, 6.07) is 2.27. The number of rotatable bonds is 5. The van der Waals surface area contributed by atoms with Crippen molar-refractivity contribution in [3.8, 4) is 0 Å². The Morgan fingerprint density at radius 2 is 2.41 bits per heavy atom. The van der Waals surface area contributed by atoms with Gasteiger partial charge in [0.05, 0.1) is 18.1 Å². The van der Waals surface area contributed by atoms with Gasteiger partial charge < -0.3 is 9.88 Å². The lowest BCUT2D eigenvalue weighted by atomic mass is 10.2. The first kappa shape index (κ1) is 12.8. The van der Waals surface area contributed by atoms with Gasteiger partial charge >= 0.3 is 0 Å². The minimum absolute atomic E-state index is 0.186. The molecule has 0 saturated heterocycles. The van der Waals surface area contributed by atoms with Gasteiger partial charge in [0.15, 0.2) is 0 Å². The standard InChI is InChI=1S/C12H16BrN3S/c1-3-5-14-11(10-7-16(2)8-15-10)12-9(13)4-6-17-12/h4,6-8,11,14H,3,5H2,1-2H3. The number of halogens is 1. The van der Waals surface area contributed by atoms with Crippen molar-refractivity contribution in [3.63, 3.8) is 0 Å². The Labute approximate surface area is 114 Å². The molecule has 0 amide bonds. The van der Waals surface area contributed by atoms with Gasteiger partial charge in [0, 0.05) is 22.6 Å². The van der Waals surface area contributed by atoms with Crippen LogP contribution in [0, 0.1) is 0 Å². The fraction of sp³-hybridized carbons (Fsp3) is 0.417. The van der Waals surface area contributed by atoms with E-state index in [2.05, 4.69) is 50.8 Å². The number of nitrogens with zero attached hydrogens (tertiary/aromatic N) is 2. The zero-order chi connectivity index (χ0) is 12.3. The Morgan fingerprint density at radius 3 is 2.94 bits per heavy atom. The van der Waals surface area contributed by atoms with Crippen molar-refractivity contribution < 1.29 is 0 Å². The topological polar surface area (TPSA) is 29.9 Å². The summed E-state index contributed by atoms with van der Waals surface area (Å²) in [7, 11) is 2.00. The molecule has 0 aliphatic carbocycles. The number of hydrogen-bond acceptors (Lipinski definition) is 3. The van der Waals surface area contributed by atoms with Crippen LogP contribution < -0.4 is 5.32 Å². The fourth-order valence-electron chi connectivity index (χ4n) is 1.71. The Morgan fingerprint density at radius 1 is 1.59 bits per heavy atom. The Bertz CT molecular complexity index is 478. The van der Waals surface area contributed by atoms with Crippen LogP contribution in [0.15, 0.2) is 28.4 Å². The lowest BCUT2D eigenvalue weighted by Gasteiger charge is -2.15. The molecule has 17 heavy (non-hydrogen) atoms. The highest BCUT2D eigenvalue weighted by Crippen LogP contribution is 2.32. The number of aromatic nitrogens is 2. The van der Waals surface area contributed by atoms with E-state index >= 15 is 0 Å². The molecule has 0 aliphatic rings. The third-order valence-corrected chi connectivity index (χ3v) is 4.46. The highest BCUT2D eigenvalue weighted by atomic mass is 79.9. The van der Waals surface area contributed by atoms with Crippen LogP contribution in [-0.4, -0.2) is 16.1 Å². The van der Waals surface area contributed by atoms with Gasteiger partial charge in [-0.1, -0.05) is 6.92 Å². The highest BCUT2D eigenvalue weighted by molar-refractivity contribution is 9.10. The quantitative estimate of drug-likeness (QED) is 0.917. The number of thiophene rings is 1. The van der Waals surface area contributed by atoms with Gasteiger partial charge in [-0.3, -0.25) is 0 Å². The molecule has 2 aromatic heterocycles. The van der Waals surface area contributed by atoms with Crippen LogP contribution in [0.5, 0.6) is 0 Å². The van der Waals surface area contributed by atoms with Gasteiger partial charge in [0.1, 0.15) is 0 Å². The van der Waals surface area contributed by atoms with Gasteiger partial charge in [-0.2, -0.15) is 0 Å². The second-order valence-corrected chi connectivity index (χ2v) is 5.79. The highest BCUT2D eigenvalue weighted by Gasteiger charge is 2.19. The summed E-state index contributed by atoms with van der Waals surface area (Å²) in [5.74, 6) is 0. The zero-order valence-corrected chi connectivity index (χ0v) is 12.4. The maximum atomic E-state index is 4.45. The minimum Gasteiger partial charge on any atom is -0.340 e. The molecule has 0 fully saturated rings. The predicted octanol–water partition coefficient (Wildman–Crippen LogP) is 3.33. The summed E-state index contributed by atoms with van der Waals surface area (Å²) < 4.78 is 3.14. The second-order valence-electron chi connectivity index (χ2n) is 3.98. The van der Waals surface area contributed by atoms with Crippen LogP contribution in [0.2, 0.25) is 0 Å². The van der Waals surface area contributed by atoms with Gasteiger partial charge in [-0.15, -0.1) is 11.3 Å². The summed E-state index contributed by atoms with van der Waals surface area (Å²) in [6.07, 6.45) is 5.03. The first-order chi connectivity index (χ1) is 8.22. The van der Waals surface area contributed by atoms with Crippen LogP contribution >= 0.6 is 27.3 Å². The Kier molecular flexibility index (Phi) is 4.36. The second kappa shape index (κ2) is 5.80. The predicted molar refractivity (Wildman–Crippen MR) is 75.4 cm³/mol. The molecule has 1 unspecified atom stereocenters. The van der Waals surface area contributed by atoms with Crippen LogP contribution in [0.4, 0.5) is 0 Å². The van der Waals surface area contributed by atoms with Crippen LogP contribution in [0.3, 0.4) is 0 Å². The largest absolute Gasteiger partial charge is 0.340 e. The van der Waals surface area contributed by atoms with Crippen molar-refractivity contribution >= 4 is 27.3 Å². The van der Waals surface area contributed by atoms with Gasteiger partial charge in [0.25, 0.3) is 0 Å². The van der Waals surface area contributed by atoms with Gasteiger partial charge in [-0.25, -0.2) is 4.98 Å². The van der Waals surface area contributed by atoms with Crippen molar-refractivity contribution in [2.45, 2.75) is 19.4 Å². The van der Waals surface area contributed by atoms with Crippen molar-refractivity contribution in [2.24, 2.45) is 7.05 Å². The maximum Gasteiger partial charge on any atom is 0.0947 e. The summed E-state index contributed by atoms with van der Waals surface area (Å²) in [5.41, 5.74) is 1.07. The lowest BCUT2D eigenvalue weighted by molar-refractivity contribution is 0.594. The third-order valence-electron chi connectivity index (χ3n) is 2.53. The summed E-state index contributed by atoms with van der Waals surface area (Å²) in [4.78, 5) is 5.74. The third kappa shape index (κ3) is 2.97. The van der Waals surface area contributed by atoms with E-state index in [4.69, 9.17) is 0 Å². The van der Waals surface area contributed by atoms with Crippen LogP contribution in [0.25, 0.3) is 0 Å². The van der Waals surface area contributed by atoms with Crippen molar-refractivity contribution in [1.29, 1.82) is 0 Å². The lowest BCUT2D eigenvalue weighted by Crippen LogP contribution is -2.23. The molecule has 0 spiro atoms. The van der Waals surface area contributed by atoms with E-state index in [9.17, 15) is 0 Å². The average molecular weight is 314 g/mol.